The van der Waals surface area contributed by atoms with E-state index >= 15 is 0 Å². The molecule has 0 aromatic heterocycles. The summed E-state index contributed by atoms with van der Waals surface area (Å²) in [5, 5.41) is 10.5. The smallest absolute Gasteiger partial charge is 0.462 e. The Hall–Kier alpha value is -1.94. The minimum atomic E-state index is -4.95. The molecule has 0 spiro atoms. The van der Waals surface area contributed by atoms with Crippen LogP contribution < -0.4 is 0 Å². The summed E-state index contributed by atoms with van der Waals surface area (Å²) in [5.41, 5.74) is 0. The van der Waals surface area contributed by atoms with E-state index in [2.05, 4.69) is 41.5 Å². The van der Waals surface area contributed by atoms with Crippen LogP contribution in [0.25, 0.3) is 0 Å². The first-order valence-electron chi connectivity index (χ1n) is 36.1. The third-order valence-corrected chi connectivity index (χ3v) is 18.6. The van der Waals surface area contributed by atoms with Crippen LogP contribution in [0.15, 0.2) is 0 Å². The van der Waals surface area contributed by atoms with E-state index < -0.39 is 97.5 Å². The van der Waals surface area contributed by atoms with Gasteiger partial charge in [0.2, 0.25) is 0 Å². The molecule has 19 heteroatoms. The number of hydrogen-bond donors (Lipinski definition) is 3. The second kappa shape index (κ2) is 61.3. The van der Waals surface area contributed by atoms with Gasteiger partial charge in [-0.3, -0.25) is 37.3 Å². The van der Waals surface area contributed by atoms with E-state index in [1.54, 1.807) is 0 Å². The van der Waals surface area contributed by atoms with Crippen molar-refractivity contribution in [2.75, 3.05) is 39.6 Å². The number of unbranched alkanes of at least 4 members (excludes halogenated alkanes) is 36. The largest absolute Gasteiger partial charge is 0.472 e. The summed E-state index contributed by atoms with van der Waals surface area (Å²) in [4.78, 5) is 72.1. The Kier molecular flexibility index (Phi) is 59.9. The molecule has 0 saturated carbocycles. The molecule has 88 heavy (non-hydrogen) atoms. The molecule has 3 N–H and O–H groups in total. The topological polar surface area (TPSA) is 237 Å². The molecule has 0 aromatic rings. The molecule has 7 atom stereocenters. The lowest BCUT2D eigenvalue weighted by atomic mass is 9.99. The highest BCUT2D eigenvalue weighted by atomic mass is 31.2. The Morgan fingerprint density at radius 3 is 0.807 bits per heavy atom. The Labute approximate surface area is 537 Å². The van der Waals surface area contributed by atoms with Gasteiger partial charge in [0, 0.05) is 25.7 Å². The Morgan fingerprint density at radius 2 is 0.545 bits per heavy atom. The fourth-order valence-electron chi connectivity index (χ4n) is 10.4. The zero-order valence-electron chi connectivity index (χ0n) is 57.0. The molecule has 522 valence electrons. The van der Waals surface area contributed by atoms with E-state index in [1.807, 2.05) is 0 Å². The maximum absolute atomic E-state index is 13.0. The van der Waals surface area contributed by atoms with Crippen LogP contribution >= 0.6 is 15.6 Å². The van der Waals surface area contributed by atoms with Crippen molar-refractivity contribution in [3.63, 3.8) is 0 Å². The lowest BCUT2D eigenvalue weighted by Gasteiger charge is -2.21. The predicted molar refractivity (Wildman–Crippen MR) is 354 cm³/mol. The summed E-state index contributed by atoms with van der Waals surface area (Å²) in [6.45, 7) is 9.46. The number of aliphatic hydroxyl groups excluding tert-OH is 1. The number of carbonyl (C=O) groups is 4. The molecule has 0 heterocycles. The molecule has 0 aliphatic carbocycles. The molecule has 0 fully saturated rings. The SMILES string of the molecule is CCCCCCCCCCCCCC(=O)OC[C@H](COP(=O)(O)OC[C@@H](O)COP(=O)(O)OC[C@@H](COC(=O)CCCCCCC)OC(=O)CCCCCCCCC(C)CC)OC(=O)CCCCCCCCCCCCCCCCCCCCC(C)CC. The van der Waals surface area contributed by atoms with Crippen LogP contribution in [0.1, 0.15) is 350 Å². The molecule has 0 amide bonds. The van der Waals surface area contributed by atoms with Gasteiger partial charge in [-0.2, -0.15) is 0 Å². The summed E-state index contributed by atoms with van der Waals surface area (Å²) in [6.07, 6.45) is 46.3. The number of rotatable bonds is 68. The van der Waals surface area contributed by atoms with Crippen molar-refractivity contribution >= 4 is 39.5 Å². The number of aliphatic hydroxyl groups is 1. The van der Waals surface area contributed by atoms with Gasteiger partial charge in [-0.05, 0) is 37.5 Å². The maximum atomic E-state index is 13.0. The molecule has 0 radical (unpaired) electrons. The Morgan fingerprint density at radius 1 is 0.318 bits per heavy atom. The molecular weight excluding hydrogens is 1160 g/mol. The van der Waals surface area contributed by atoms with Gasteiger partial charge in [0.05, 0.1) is 26.4 Å². The van der Waals surface area contributed by atoms with Crippen molar-refractivity contribution in [1.29, 1.82) is 0 Å². The van der Waals surface area contributed by atoms with Gasteiger partial charge in [-0.1, -0.05) is 298 Å². The number of esters is 4. The number of ether oxygens (including phenoxy) is 4. The van der Waals surface area contributed by atoms with Crippen LogP contribution in [0, 0.1) is 11.8 Å². The van der Waals surface area contributed by atoms with Gasteiger partial charge in [0.25, 0.3) is 0 Å². The predicted octanol–water partition coefficient (Wildman–Crippen LogP) is 19.6. The second-order valence-electron chi connectivity index (χ2n) is 25.4. The molecule has 0 rings (SSSR count). The maximum Gasteiger partial charge on any atom is 0.472 e. The van der Waals surface area contributed by atoms with Crippen molar-refractivity contribution in [3.05, 3.63) is 0 Å². The van der Waals surface area contributed by atoms with Crippen molar-refractivity contribution in [2.45, 2.75) is 368 Å². The number of phosphoric acid groups is 2. The summed E-state index contributed by atoms with van der Waals surface area (Å²) in [6, 6.07) is 0. The van der Waals surface area contributed by atoms with E-state index in [-0.39, 0.29) is 25.7 Å². The first-order chi connectivity index (χ1) is 42.4. The molecule has 0 aliphatic heterocycles. The van der Waals surface area contributed by atoms with Gasteiger partial charge in [0.1, 0.15) is 19.3 Å². The van der Waals surface area contributed by atoms with Gasteiger partial charge < -0.3 is 33.8 Å². The van der Waals surface area contributed by atoms with Crippen molar-refractivity contribution in [3.8, 4) is 0 Å². The molecule has 17 nitrogen and oxygen atoms in total. The highest BCUT2D eigenvalue weighted by molar-refractivity contribution is 7.47. The molecule has 0 saturated heterocycles. The summed E-state index contributed by atoms with van der Waals surface area (Å²) >= 11 is 0. The highest BCUT2D eigenvalue weighted by Gasteiger charge is 2.30. The normalized spacial score (nSPS) is 14.8. The average molecular weight is 1300 g/mol. The fraction of sp³-hybridized carbons (Fsp3) is 0.942. The number of carbonyl (C=O) groups excluding carboxylic acids is 4. The second-order valence-corrected chi connectivity index (χ2v) is 28.3. The lowest BCUT2D eigenvalue weighted by Crippen LogP contribution is -2.30. The third kappa shape index (κ3) is 60.3. The van der Waals surface area contributed by atoms with Gasteiger partial charge in [-0.15, -0.1) is 0 Å². The molecule has 0 aromatic carbocycles. The van der Waals surface area contributed by atoms with Crippen molar-refractivity contribution in [1.82, 2.24) is 0 Å². The van der Waals surface area contributed by atoms with Crippen LogP contribution in [0.3, 0.4) is 0 Å². The number of phosphoric ester groups is 2. The van der Waals surface area contributed by atoms with Crippen LogP contribution in [-0.4, -0.2) is 96.7 Å². The van der Waals surface area contributed by atoms with Crippen LogP contribution in [-0.2, 0) is 65.4 Å². The lowest BCUT2D eigenvalue weighted by molar-refractivity contribution is -0.161. The van der Waals surface area contributed by atoms with Crippen LogP contribution in [0.4, 0.5) is 0 Å². The van der Waals surface area contributed by atoms with E-state index in [4.69, 9.17) is 37.0 Å². The summed E-state index contributed by atoms with van der Waals surface area (Å²) in [7, 11) is -9.88. The Balaban J connectivity index is 5.08. The van der Waals surface area contributed by atoms with E-state index in [9.17, 15) is 43.2 Å². The quantitative estimate of drug-likeness (QED) is 0.0222. The van der Waals surface area contributed by atoms with E-state index in [1.165, 1.54) is 161 Å². The molecular formula is C69H134O17P2. The van der Waals surface area contributed by atoms with Crippen LogP contribution in [0.5, 0.6) is 0 Å². The monoisotopic (exact) mass is 1300 g/mol. The van der Waals surface area contributed by atoms with Gasteiger partial charge in [0.15, 0.2) is 12.2 Å². The Bertz CT molecular complexity index is 1720. The first kappa shape index (κ1) is 86.1. The fourth-order valence-corrected chi connectivity index (χ4v) is 11.9. The molecule has 0 aliphatic rings. The third-order valence-electron chi connectivity index (χ3n) is 16.7. The van der Waals surface area contributed by atoms with Crippen LogP contribution in [0.2, 0.25) is 0 Å². The standard InChI is InChI=1S/C69H134O17P2/c1-7-11-13-15-16-17-26-30-33-40-46-52-67(72)80-58-65(85-68(73)53-47-41-34-31-28-25-23-21-19-18-20-22-24-27-29-32-38-43-49-61(5)9-3)60-84-88(77,78)82-56-63(70)55-81-87(75,76)83-59-64(57-79-66(71)51-45-37-14-12-8-2)86-69(74)54-48-42-36-35-39-44-50-62(6)10-4/h61-65,70H,7-60H2,1-6H3,(H,75,76)(H,77,78)/t61?,62?,63-,64+,65+/m0/s1. The number of hydrogen-bond acceptors (Lipinski definition) is 15. The van der Waals surface area contributed by atoms with E-state index in [0.717, 1.165) is 108 Å². The average Bonchev–Trinajstić information content (AvgIpc) is 3.52. The summed E-state index contributed by atoms with van der Waals surface area (Å²) in [5.74, 6) is -0.549. The van der Waals surface area contributed by atoms with Crippen molar-refractivity contribution in [2.24, 2.45) is 11.8 Å². The first-order valence-corrected chi connectivity index (χ1v) is 39.1. The minimum absolute atomic E-state index is 0.102. The zero-order chi connectivity index (χ0) is 65.0. The molecule has 4 unspecified atom stereocenters. The van der Waals surface area contributed by atoms with Crippen molar-refractivity contribution < 1.29 is 80.2 Å². The minimum Gasteiger partial charge on any atom is -0.462 e. The zero-order valence-corrected chi connectivity index (χ0v) is 58.8. The van der Waals surface area contributed by atoms with E-state index in [0.29, 0.717) is 25.7 Å². The molecule has 0 bridgehead atoms. The highest BCUT2D eigenvalue weighted by Crippen LogP contribution is 2.45. The summed E-state index contributed by atoms with van der Waals surface area (Å²) < 4.78 is 67.9. The van der Waals surface area contributed by atoms with Gasteiger partial charge >= 0.3 is 39.5 Å². The van der Waals surface area contributed by atoms with Gasteiger partial charge in [-0.25, -0.2) is 9.13 Å².